The fourth-order valence-electron chi connectivity index (χ4n) is 1.08. The first-order chi connectivity index (χ1) is 6.50. The Morgan fingerprint density at radius 1 is 1.50 bits per heavy atom. The molecule has 2 N–H and O–H groups in total. The van der Waals surface area contributed by atoms with Crippen molar-refractivity contribution in [2.75, 3.05) is 5.32 Å². The topological polar surface area (TPSA) is 49.3 Å². The first-order valence-electron chi connectivity index (χ1n) is 4.30. The molecule has 0 aliphatic rings. The van der Waals surface area contributed by atoms with E-state index in [9.17, 15) is 4.79 Å². The number of aromatic carboxylic acids is 1. The van der Waals surface area contributed by atoms with Gasteiger partial charge in [-0.05, 0) is 54.6 Å². The lowest BCUT2D eigenvalue weighted by molar-refractivity contribution is 0.0697. The lowest BCUT2D eigenvalue weighted by Crippen LogP contribution is -2.11. The molecule has 1 rings (SSSR count). The third-order valence-electron chi connectivity index (χ3n) is 1.66. The van der Waals surface area contributed by atoms with Crippen molar-refractivity contribution < 1.29 is 9.90 Å². The number of hydrogen-bond donors (Lipinski definition) is 2. The first-order valence-corrected chi connectivity index (χ1v) is 5.38. The van der Waals surface area contributed by atoms with E-state index in [1.807, 2.05) is 13.8 Å². The van der Waals surface area contributed by atoms with Gasteiger partial charge in [0.2, 0.25) is 0 Å². The molecule has 0 amide bonds. The summed E-state index contributed by atoms with van der Waals surface area (Å²) in [5.41, 5.74) is 1.19. The van der Waals surface area contributed by atoms with Gasteiger partial charge in [0.1, 0.15) is 0 Å². The highest BCUT2D eigenvalue weighted by atomic mass is 127. The Bertz CT molecular complexity index is 350. The molecule has 0 aliphatic heterocycles. The first kappa shape index (κ1) is 11.3. The molecule has 14 heavy (non-hydrogen) atoms. The van der Waals surface area contributed by atoms with Gasteiger partial charge in [0.25, 0.3) is 0 Å². The average Bonchev–Trinajstić information content (AvgIpc) is 2.07. The lowest BCUT2D eigenvalue weighted by Gasteiger charge is -2.12. The second-order valence-corrected chi connectivity index (χ2v) is 4.46. The van der Waals surface area contributed by atoms with Crippen molar-refractivity contribution in [3.05, 3.63) is 27.3 Å². The molecule has 0 atom stereocenters. The van der Waals surface area contributed by atoms with Crippen molar-refractivity contribution in [2.45, 2.75) is 19.9 Å². The molecule has 0 fully saturated rings. The molecule has 0 radical (unpaired) electrons. The van der Waals surface area contributed by atoms with Gasteiger partial charge in [-0.3, -0.25) is 0 Å². The van der Waals surface area contributed by atoms with Crippen molar-refractivity contribution in [1.29, 1.82) is 0 Å². The number of nitrogens with one attached hydrogen (secondary N) is 1. The Kier molecular flexibility index (Phi) is 3.74. The predicted molar refractivity (Wildman–Crippen MR) is 64.9 cm³/mol. The van der Waals surface area contributed by atoms with Gasteiger partial charge in [-0.2, -0.15) is 0 Å². The second-order valence-electron chi connectivity index (χ2n) is 3.30. The summed E-state index contributed by atoms with van der Waals surface area (Å²) >= 11 is 2.18. The molecule has 0 saturated carbocycles. The number of anilines is 1. The molecule has 3 nitrogen and oxygen atoms in total. The Morgan fingerprint density at radius 3 is 2.64 bits per heavy atom. The van der Waals surface area contributed by atoms with Crippen LogP contribution in [0.2, 0.25) is 0 Å². The molecular weight excluding hydrogens is 293 g/mol. The van der Waals surface area contributed by atoms with Gasteiger partial charge in [-0.25, -0.2) is 4.79 Å². The summed E-state index contributed by atoms with van der Waals surface area (Å²) in [6.45, 7) is 4.03. The van der Waals surface area contributed by atoms with Crippen LogP contribution in [0.15, 0.2) is 18.2 Å². The summed E-state index contributed by atoms with van der Waals surface area (Å²) in [5.74, 6) is -0.895. The van der Waals surface area contributed by atoms with Crippen molar-refractivity contribution >= 4 is 34.2 Å². The molecule has 0 bridgehead atoms. The van der Waals surface area contributed by atoms with E-state index in [-0.39, 0.29) is 0 Å². The molecule has 0 aliphatic carbocycles. The highest BCUT2D eigenvalue weighted by Gasteiger charge is 2.07. The minimum Gasteiger partial charge on any atom is -0.478 e. The van der Waals surface area contributed by atoms with Crippen LogP contribution in [0.25, 0.3) is 0 Å². The molecule has 0 spiro atoms. The van der Waals surface area contributed by atoms with E-state index in [0.29, 0.717) is 11.6 Å². The largest absolute Gasteiger partial charge is 0.478 e. The summed E-state index contributed by atoms with van der Waals surface area (Å²) in [7, 11) is 0. The van der Waals surface area contributed by atoms with Crippen LogP contribution < -0.4 is 5.32 Å². The summed E-state index contributed by atoms with van der Waals surface area (Å²) in [5, 5.41) is 12.0. The highest BCUT2D eigenvalue weighted by Crippen LogP contribution is 2.20. The van der Waals surface area contributed by atoms with E-state index < -0.39 is 5.97 Å². The van der Waals surface area contributed by atoms with Gasteiger partial charge in [0.15, 0.2) is 0 Å². The van der Waals surface area contributed by atoms with E-state index in [1.165, 1.54) is 0 Å². The van der Waals surface area contributed by atoms with E-state index in [4.69, 9.17) is 5.11 Å². The van der Waals surface area contributed by atoms with Crippen LogP contribution in [0.4, 0.5) is 5.69 Å². The van der Waals surface area contributed by atoms with Gasteiger partial charge in [-0.1, -0.05) is 0 Å². The Labute approximate surface area is 96.7 Å². The maximum absolute atomic E-state index is 10.7. The normalized spacial score (nSPS) is 10.3. The maximum Gasteiger partial charge on any atom is 0.335 e. The SMILES string of the molecule is CC(C)Nc1cc(C(=O)O)ccc1I. The van der Waals surface area contributed by atoms with Crippen LogP contribution >= 0.6 is 22.6 Å². The van der Waals surface area contributed by atoms with Gasteiger partial charge >= 0.3 is 5.97 Å². The molecular formula is C10H12INO2. The van der Waals surface area contributed by atoms with Crippen LogP contribution in [-0.4, -0.2) is 17.1 Å². The molecule has 1 aromatic rings. The smallest absolute Gasteiger partial charge is 0.335 e. The number of halogens is 1. The van der Waals surface area contributed by atoms with Gasteiger partial charge in [0, 0.05) is 15.3 Å². The molecule has 0 aromatic heterocycles. The number of carbonyl (C=O) groups is 1. The van der Waals surface area contributed by atoms with Gasteiger partial charge in [-0.15, -0.1) is 0 Å². The minimum absolute atomic E-state index is 0.299. The van der Waals surface area contributed by atoms with Crippen LogP contribution in [0.3, 0.4) is 0 Å². The van der Waals surface area contributed by atoms with Crippen LogP contribution in [0.1, 0.15) is 24.2 Å². The maximum atomic E-state index is 10.7. The molecule has 4 heteroatoms. The minimum atomic E-state index is -0.895. The molecule has 0 unspecified atom stereocenters. The third-order valence-corrected chi connectivity index (χ3v) is 2.60. The van der Waals surface area contributed by atoms with Crippen molar-refractivity contribution in [2.24, 2.45) is 0 Å². The Balaban J connectivity index is 3.02. The zero-order valence-corrected chi connectivity index (χ0v) is 10.2. The number of hydrogen-bond acceptors (Lipinski definition) is 2. The Hall–Kier alpha value is -0.780. The summed E-state index contributed by atoms with van der Waals surface area (Å²) < 4.78 is 1.03. The third kappa shape index (κ3) is 2.87. The van der Waals surface area contributed by atoms with Crippen LogP contribution in [-0.2, 0) is 0 Å². The number of carboxylic acid groups (broad SMARTS) is 1. The molecule has 0 heterocycles. The van der Waals surface area contributed by atoms with Crippen molar-refractivity contribution in [3.63, 3.8) is 0 Å². The van der Waals surface area contributed by atoms with Crippen molar-refractivity contribution in [3.8, 4) is 0 Å². The molecule has 0 saturated heterocycles. The molecule has 76 valence electrons. The lowest BCUT2D eigenvalue weighted by atomic mass is 10.2. The van der Waals surface area contributed by atoms with Gasteiger partial charge < -0.3 is 10.4 Å². The fraction of sp³-hybridized carbons (Fsp3) is 0.300. The zero-order valence-electron chi connectivity index (χ0n) is 8.04. The number of benzene rings is 1. The van der Waals surface area contributed by atoms with Crippen LogP contribution in [0.5, 0.6) is 0 Å². The summed E-state index contributed by atoms with van der Waals surface area (Å²) in [4.78, 5) is 10.7. The van der Waals surface area contributed by atoms with E-state index in [2.05, 4.69) is 27.9 Å². The summed E-state index contributed by atoms with van der Waals surface area (Å²) in [6, 6.07) is 5.36. The van der Waals surface area contributed by atoms with E-state index >= 15 is 0 Å². The summed E-state index contributed by atoms with van der Waals surface area (Å²) in [6.07, 6.45) is 0. The van der Waals surface area contributed by atoms with E-state index in [0.717, 1.165) is 9.26 Å². The fourth-order valence-corrected chi connectivity index (χ4v) is 1.57. The molecule has 1 aromatic carbocycles. The average molecular weight is 305 g/mol. The quantitative estimate of drug-likeness (QED) is 0.844. The standard InChI is InChI=1S/C10H12INO2/c1-6(2)12-9-5-7(10(13)14)3-4-8(9)11/h3-6,12H,1-2H3,(H,13,14). The van der Waals surface area contributed by atoms with Crippen LogP contribution in [0, 0.1) is 3.57 Å². The Morgan fingerprint density at radius 2 is 2.14 bits per heavy atom. The van der Waals surface area contributed by atoms with Gasteiger partial charge in [0.05, 0.1) is 5.56 Å². The number of rotatable bonds is 3. The predicted octanol–water partition coefficient (Wildman–Crippen LogP) is 2.81. The zero-order chi connectivity index (χ0) is 10.7. The highest BCUT2D eigenvalue weighted by molar-refractivity contribution is 14.1. The monoisotopic (exact) mass is 305 g/mol. The van der Waals surface area contributed by atoms with E-state index in [1.54, 1.807) is 18.2 Å². The number of carboxylic acids is 1. The second kappa shape index (κ2) is 4.63. The van der Waals surface area contributed by atoms with Crippen molar-refractivity contribution in [1.82, 2.24) is 0 Å².